The predicted octanol–water partition coefficient (Wildman–Crippen LogP) is 7.46. The summed E-state index contributed by atoms with van der Waals surface area (Å²) in [6.45, 7) is 4.21. The molecule has 3 rings (SSSR count). The Morgan fingerprint density at radius 2 is 1.40 bits per heavy atom. The third-order valence-corrected chi connectivity index (χ3v) is 7.13. The first-order valence-corrected chi connectivity index (χ1v) is 12.9. The Labute approximate surface area is 208 Å². The van der Waals surface area contributed by atoms with E-state index in [1.807, 2.05) is 12.1 Å². The van der Waals surface area contributed by atoms with E-state index >= 15 is 0 Å². The summed E-state index contributed by atoms with van der Waals surface area (Å²) in [7, 11) is 0. The maximum Gasteiger partial charge on any atom is 0.330 e. The van der Waals surface area contributed by atoms with Crippen LogP contribution in [0.3, 0.4) is 0 Å². The van der Waals surface area contributed by atoms with Gasteiger partial charge in [-0.3, -0.25) is 4.79 Å². The first-order valence-electron chi connectivity index (χ1n) is 12.9. The number of rotatable bonds is 14. The molecule has 1 aliphatic rings. The van der Waals surface area contributed by atoms with Crippen molar-refractivity contribution < 1.29 is 24.5 Å². The van der Waals surface area contributed by atoms with Crippen LogP contribution >= 0.6 is 0 Å². The van der Waals surface area contributed by atoms with Crippen LogP contribution in [0.25, 0.3) is 11.1 Å². The van der Waals surface area contributed by atoms with Gasteiger partial charge in [-0.05, 0) is 92.0 Å². The van der Waals surface area contributed by atoms with E-state index in [0.29, 0.717) is 31.3 Å². The highest BCUT2D eigenvalue weighted by atomic mass is 16.5. The van der Waals surface area contributed by atoms with Gasteiger partial charge in [0.2, 0.25) is 0 Å². The first kappa shape index (κ1) is 26.5. The summed E-state index contributed by atoms with van der Waals surface area (Å²) in [6, 6.07) is 17.1. The number of benzene rings is 2. The van der Waals surface area contributed by atoms with Crippen LogP contribution < -0.4 is 4.74 Å². The molecule has 2 N–H and O–H groups in total. The minimum atomic E-state index is -0.902. The molecule has 0 spiro atoms. The Morgan fingerprint density at radius 3 is 2.00 bits per heavy atom. The second-order valence-electron chi connectivity index (χ2n) is 9.72. The van der Waals surface area contributed by atoms with E-state index in [-0.39, 0.29) is 5.57 Å². The number of hydrogen-bond donors (Lipinski definition) is 2. The minimum absolute atomic E-state index is 0.285. The molecule has 0 amide bonds. The fraction of sp³-hybridized carbons (Fsp3) is 0.467. The summed E-state index contributed by atoms with van der Waals surface area (Å²) < 4.78 is 5.86. The zero-order chi connectivity index (χ0) is 25.0. The second kappa shape index (κ2) is 13.7. The van der Waals surface area contributed by atoms with Crippen molar-refractivity contribution in [3.63, 3.8) is 0 Å². The molecule has 1 saturated carbocycles. The highest BCUT2D eigenvalue weighted by Crippen LogP contribution is 2.38. The number of carboxylic acid groups (broad SMARTS) is 2. The number of ether oxygens (including phenoxy) is 1. The fourth-order valence-corrected chi connectivity index (χ4v) is 4.89. The van der Waals surface area contributed by atoms with Gasteiger partial charge >= 0.3 is 11.9 Å². The molecule has 0 atom stereocenters. The zero-order valence-electron chi connectivity index (χ0n) is 20.6. The average molecular weight is 479 g/mol. The van der Waals surface area contributed by atoms with Crippen molar-refractivity contribution in [3.05, 3.63) is 66.2 Å². The van der Waals surface area contributed by atoms with Crippen LogP contribution in [0, 0.1) is 5.92 Å². The smallest absolute Gasteiger partial charge is 0.330 e. The summed E-state index contributed by atoms with van der Waals surface area (Å²) in [5.41, 5.74) is 4.03. The fourth-order valence-electron chi connectivity index (χ4n) is 4.89. The lowest BCUT2D eigenvalue weighted by molar-refractivity contribution is -0.137. The molecule has 1 fully saturated rings. The van der Waals surface area contributed by atoms with E-state index in [2.05, 4.69) is 43.0 Å². The minimum Gasteiger partial charge on any atom is -0.494 e. The van der Waals surface area contributed by atoms with Gasteiger partial charge in [0.05, 0.1) is 6.61 Å². The van der Waals surface area contributed by atoms with Crippen LogP contribution in [0.4, 0.5) is 0 Å². The van der Waals surface area contributed by atoms with Crippen molar-refractivity contribution >= 4 is 11.9 Å². The summed E-state index contributed by atoms with van der Waals surface area (Å²) in [5, 5.41) is 17.7. The number of unbranched alkanes of at least 4 members (excludes halogenated alkanes) is 3. The molecule has 0 aromatic heterocycles. The van der Waals surface area contributed by atoms with Gasteiger partial charge in [0, 0.05) is 12.0 Å². The van der Waals surface area contributed by atoms with Crippen LogP contribution in [-0.4, -0.2) is 28.8 Å². The van der Waals surface area contributed by atoms with Crippen LogP contribution in [0.2, 0.25) is 0 Å². The maximum absolute atomic E-state index is 10.8. The zero-order valence-corrected chi connectivity index (χ0v) is 20.6. The number of hydrogen-bond acceptors (Lipinski definition) is 3. The second-order valence-corrected chi connectivity index (χ2v) is 9.72. The lowest BCUT2D eigenvalue weighted by atomic mass is 9.77. The lowest BCUT2D eigenvalue weighted by Crippen LogP contribution is -2.14. The van der Waals surface area contributed by atoms with Gasteiger partial charge in [0.25, 0.3) is 0 Å². The first-order chi connectivity index (χ1) is 16.9. The standard InChI is InChI=1S/C30H38O5/c1-22(30(33)34)6-4-2-3-5-21-35-28-18-16-27(17-19-28)26-14-12-25(13-15-26)24-10-7-23(8-11-24)9-20-29(31)32/h12-19,23-24H,1-11,20-21H2,(H,31,32)(H,33,34). The van der Waals surface area contributed by atoms with Gasteiger partial charge in [0.1, 0.15) is 5.75 Å². The predicted molar refractivity (Wildman–Crippen MR) is 139 cm³/mol. The number of aliphatic carboxylic acids is 2. The van der Waals surface area contributed by atoms with Gasteiger partial charge in [-0.15, -0.1) is 0 Å². The van der Waals surface area contributed by atoms with Gasteiger partial charge in [-0.25, -0.2) is 4.79 Å². The Morgan fingerprint density at radius 1 is 0.800 bits per heavy atom. The van der Waals surface area contributed by atoms with Crippen molar-refractivity contribution in [2.24, 2.45) is 5.92 Å². The van der Waals surface area contributed by atoms with Gasteiger partial charge in [0.15, 0.2) is 0 Å². The molecule has 0 aliphatic heterocycles. The quantitative estimate of drug-likeness (QED) is 0.217. The third kappa shape index (κ3) is 8.89. The Kier molecular flexibility index (Phi) is 10.4. The van der Waals surface area contributed by atoms with Crippen molar-refractivity contribution in [1.29, 1.82) is 0 Å². The molecule has 0 bridgehead atoms. The van der Waals surface area contributed by atoms with Crippen molar-refractivity contribution in [3.8, 4) is 16.9 Å². The molecular weight excluding hydrogens is 440 g/mol. The monoisotopic (exact) mass is 478 g/mol. The molecule has 0 heterocycles. The van der Waals surface area contributed by atoms with Crippen molar-refractivity contribution in [2.45, 2.75) is 76.5 Å². The summed E-state index contributed by atoms with van der Waals surface area (Å²) >= 11 is 0. The van der Waals surface area contributed by atoms with Gasteiger partial charge in [-0.1, -0.05) is 55.8 Å². The average Bonchev–Trinajstić information content (AvgIpc) is 2.87. The Hall–Kier alpha value is -3.08. The maximum atomic E-state index is 10.8. The molecular formula is C30H38O5. The van der Waals surface area contributed by atoms with E-state index in [9.17, 15) is 9.59 Å². The van der Waals surface area contributed by atoms with Gasteiger partial charge < -0.3 is 14.9 Å². The van der Waals surface area contributed by atoms with Crippen LogP contribution in [0.5, 0.6) is 5.75 Å². The molecule has 1 aliphatic carbocycles. The summed E-state index contributed by atoms with van der Waals surface area (Å²) in [6.07, 6.45) is 10.00. The molecule has 0 unspecified atom stereocenters. The molecule has 2 aromatic carbocycles. The Balaban J connectivity index is 1.37. The van der Waals surface area contributed by atoms with E-state index in [1.54, 1.807) is 0 Å². The molecule has 0 radical (unpaired) electrons. The topological polar surface area (TPSA) is 83.8 Å². The van der Waals surface area contributed by atoms with E-state index < -0.39 is 11.9 Å². The summed E-state index contributed by atoms with van der Waals surface area (Å²) in [4.78, 5) is 21.5. The number of carboxylic acids is 2. The lowest BCUT2D eigenvalue weighted by Gasteiger charge is -2.28. The van der Waals surface area contributed by atoms with E-state index in [0.717, 1.165) is 63.5 Å². The molecule has 0 saturated heterocycles. The Bertz CT molecular complexity index is 953. The largest absolute Gasteiger partial charge is 0.494 e. The van der Waals surface area contributed by atoms with Crippen molar-refractivity contribution in [1.82, 2.24) is 0 Å². The SMILES string of the molecule is C=C(CCCCCCOc1ccc(-c2ccc(C3CCC(CCC(=O)O)CC3)cc2)cc1)C(=O)O. The molecule has 188 valence electrons. The van der Waals surface area contributed by atoms with E-state index in [1.165, 1.54) is 16.7 Å². The molecule has 5 heteroatoms. The van der Waals surface area contributed by atoms with Crippen molar-refractivity contribution in [2.75, 3.05) is 6.61 Å². The van der Waals surface area contributed by atoms with E-state index in [4.69, 9.17) is 14.9 Å². The molecule has 2 aromatic rings. The third-order valence-electron chi connectivity index (χ3n) is 7.13. The highest BCUT2D eigenvalue weighted by Gasteiger charge is 2.22. The van der Waals surface area contributed by atoms with Gasteiger partial charge in [-0.2, -0.15) is 0 Å². The van der Waals surface area contributed by atoms with Crippen LogP contribution in [0.1, 0.15) is 82.1 Å². The highest BCUT2D eigenvalue weighted by molar-refractivity contribution is 5.85. The van der Waals surface area contributed by atoms with Crippen LogP contribution in [-0.2, 0) is 9.59 Å². The molecule has 35 heavy (non-hydrogen) atoms. The number of carbonyl (C=O) groups is 2. The summed E-state index contributed by atoms with van der Waals surface area (Å²) in [5.74, 6) is 0.422. The molecule has 5 nitrogen and oxygen atoms in total. The van der Waals surface area contributed by atoms with Crippen LogP contribution in [0.15, 0.2) is 60.7 Å². The normalized spacial score (nSPS) is 17.6.